The first-order chi connectivity index (χ1) is 13.0. The normalized spacial score (nSPS) is 24.8. The lowest BCUT2D eigenvalue weighted by Gasteiger charge is -2.47. The number of amides is 1. The zero-order valence-corrected chi connectivity index (χ0v) is 17.9. The number of methoxy groups -OCH3 is 1. The van der Waals surface area contributed by atoms with Crippen LogP contribution in [0.3, 0.4) is 0 Å². The summed E-state index contributed by atoms with van der Waals surface area (Å²) in [6.07, 6.45) is 3.19. The van der Waals surface area contributed by atoms with Gasteiger partial charge in [-0.1, -0.05) is 22.9 Å². The van der Waals surface area contributed by atoms with E-state index in [-0.39, 0.29) is 18.6 Å². The van der Waals surface area contributed by atoms with Gasteiger partial charge in [0.1, 0.15) is 6.61 Å². The Labute approximate surface area is 169 Å². The van der Waals surface area contributed by atoms with E-state index in [1.165, 1.54) is 27.7 Å². The highest BCUT2D eigenvalue weighted by Gasteiger charge is 2.41. The summed E-state index contributed by atoms with van der Waals surface area (Å²) in [7, 11) is 1.56. The lowest BCUT2D eigenvalue weighted by atomic mass is 9.73. The zero-order chi connectivity index (χ0) is 19.1. The quantitative estimate of drug-likeness (QED) is 0.758. The molecule has 1 saturated heterocycles. The van der Waals surface area contributed by atoms with E-state index >= 15 is 0 Å². The van der Waals surface area contributed by atoms with Gasteiger partial charge in [-0.3, -0.25) is 9.69 Å². The summed E-state index contributed by atoms with van der Waals surface area (Å²) in [6.45, 7) is 6.53. The van der Waals surface area contributed by atoms with Gasteiger partial charge in [0, 0.05) is 52.7 Å². The highest BCUT2D eigenvalue weighted by Crippen LogP contribution is 2.45. The number of aromatic amines is 1. The summed E-state index contributed by atoms with van der Waals surface area (Å²) in [5.74, 6) is 0.409. The number of nitrogens with one attached hydrogen (secondary N) is 2. The molecule has 1 aliphatic heterocycles. The molecule has 2 aromatic rings. The zero-order valence-electron chi connectivity index (χ0n) is 16.3. The smallest absolute Gasteiger partial charge is 0.246 e. The second kappa shape index (κ2) is 7.57. The monoisotopic (exact) mass is 433 g/mol. The number of benzene rings is 1. The van der Waals surface area contributed by atoms with Crippen LogP contribution in [0.4, 0.5) is 0 Å². The molecule has 1 aromatic heterocycles. The maximum absolute atomic E-state index is 12.1. The SMILES string of the molecule is CCCN1C[C@@H](NC(=O)COC)C[C@@H]2c3cc(Br)cc4[nH]c(C)c(c34)C[C@H]21. The summed E-state index contributed by atoms with van der Waals surface area (Å²) in [5.41, 5.74) is 5.39. The van der Waals surface area contributed by atoms with Crippen molar-refractivity contribution in [2.45, 2.75) is 51.1 Å². The third kappa shape index (κ3) is 3.43. The van der Waals surface area contributed by atoms with Crippen LogP contribution in [0.5, 0.6) is 0 Å². The number of aromatic nitrogens is 1. The molecule has 146 valence electrons. The first-order valence-electron chi connectivity index (χ1n) is 9.84. The van der Waals surface area contributed by atoms with Crippen LogP contribution in [0.2, 0.25) is 0 Å². The van der Waals surface area contributed by atoms with Crippen molar-refractivity contribution in [3.63, 3.8) is 0 Å². The molecule has 6 heteroatoms. The maximum atomic E-state index is 12.1. The van der Waals surface area contributed by atoms with Crippen molar-refractivity contribution < 1.29 is 9.53 Å². The van der Waals surface area contributed by atoms with E-state index in [0.29, 0.717) is 12.0 Å². The van der Waals surface area contributed by atoms with Crippen LogP contribution in [0, 0.1) is 6.92 Å². The van der Waals surface area contributed by atoms with Gasteiger partial charge in [0.15, 0.2) is 0 Å². The van der Waals surface area contributed by atoms with Gasteiger partial charge < -0.3 is 15.0 Å². The molecule has 3 atom stereocenters. The van der Waals surface area contributed by atoms with Crippen molar-refractivity contribution in [1.82, 2.24) is 15.2 Å². The molecule has 0 radical (unpaired) electrons. The van der Waals surface area contributed by atoms with Gasteiger partial charge in [-0.2, -0.15) is 0 Å². The van der Waals surface area contributed by atoms with Gasteiger partial charge in [0.05, 0.1) is 0 Å². The van der Waals surface area contributed by atoms with Crippen molar-refractivity contribution in [2.75, 3.05) is 26.8 Å². The Bertz CT molecular complexity index is 863. The van der Waals surface area contributed by atoms with E-state index in [4.69, 9.17) is 4.74 Å². The van der Waals surface area contributed by atoms with Gasteiger partial charge in [-0.05, 0) is 56.0 Å². The molecule has 27 heavy (non-hydrogen) atoms. The van der Waals surface area contributed by atoms with Crippen LogP contribution in [0.25, 0.3) is 10.9 Å². The Kier molecular flexibility index (Phi) is 5.32. The summed E-state index contributed by atoms with van der Waals surface area (Å²) in [5, 5.41) is 4.59. The molecule has 1 aliphatic carbocycles. The molecule has 2 N–H and O–H groups in total. The number of likely N-dealkylation sites (tertiary alicyclic amines) is 1. The molecule has 1 aromatic carbocycles. The molecule has 1 amide bonds. The van der Waals surface area contributed by atoms with Crippen LogP contribution < -0.4 is 5.32 Å². The lowest BCUT2D eigenvalue weighted by Crippen LogP contribution is -2.56. The first-order valence-corrected chi connectivity index (χ1v) is 10.6. The van der Waals surface area contributed by atoms with E-state index in [1.54, 1.807) is 7.11 Å². The predicted molar refractivity (Wildman–Crippen MR) is 111 cm³/mol. The second-order valence-electron chi connectivity index (χ2n) is 7.95. The van der Waals surface area contributed by atoms with E-state index < -0.39 is 0 Å². The molecule has 2 heterocycles. The highest BCUT2D eigenvalue weighted by molar-refractivity contribution is 9.10. The molecule has 0 spiro atoms. The maximum Gasteiger partial charge on any atom is 0.246 e. The Morgan fingerprint density at radius 3 is 3.00 bits per heavy atom. The van der Waals surface area contributed by atoms with Crippen molar-refractivity contribution in [3.05, 3.63) is 33.4 Å². The van der Waals surface area contributed by atoms with Crippen LogP contribution in [0.1, 0.15) is 42.5 Å². The number of hydrogen-bond donors (Lipinski definition) is 2. The largest absolute Gasteiger partial charge is 0.375 e. The fraction of sp³-hybridized carbons (Fsp3) is 0.571. The van der Waals surface area contributed by atoms with Crippen LogP contribution >= 0.6 is 15.9 Å². The molecule has 5 nitrogen and oxygen atoms in total. The first kappa shape index (κ1) is 19.0. The number of aryl methyl sites for hydroxylation is 1. The molecule has 0 saturated carbocycles. The van der Waals surface area contributed by atoms with Gasteiger partial charge in [-0.15, -0.1) is 0 Å². The average Bonchev–Trinajstić information content (AvgIpc) is 2.92. The van der Waals surface area contributed by atoms with Gasteiger partial charge in [0.2, 0.25) is 5.91 Å². The van der Waals surface area contributed by atoms with E-state index in [0.717, 1.165) is 36.8 Å². The van der Waals surface area contributed by atoms with E-state index in [1.807, 2.05) is 0 Å². The number of fused-ring (bicyclic) bond motifs is 2. The molecular formula is C21H28BrN3O2. The van der Waals surface area contributed by atoms with E-state index in [2.05, 4.69) is 57.1 Å². The van der Waals surface area contributed by atoms with Gasteiger partial charge >= 0.3 is 0 Å². The number of ether oxygens (including phenoxy) is 1. The topological polar surface area (TPSA) is 57.4 Å². The third-order valence-corrected chi connectivity index (χ3v) is 6.56. The van der Waals surface area contributed by atoms with Gasteiger partial charge in [0.25, 0.3) is 0 Å². The number of halogens is 1. The van der Waals surface area contributed by atoms with Crippen LogP contribution in [-0.2, 0) is 16.0 Å². The summed E-state index contributed by atoms with van der Waals surface area (Å²) >= 11 is 3.70. The van der Waals surface area contributed by atoms with Crippen LogP contribution in [-0.4, -0.2) is 54.7 Å². The minimum absolute atomic E-state index is 0.0224. The molecule has 2 aliphatic rings. The number of hydrogen-bond acceptors (Lipinski definition) is 3. The molecule has 0 unspecified atom stereocenters. The van der Waals surface area contributed by atoms with Gasteiger partial charge in [-0.25, -0.2) is 0 Å². The number of nitrogens with zero attached hydrogens (tertiary/aromatic N) is 1. The van der Waals surface area contributed by atoms with Crippen molar-refractivity contribution in [2.24, 2.45) is 0 Å². The Morgan fingerprint density at radius 1 is 1.44 bits per heavy atom. The predicted octanol–water partition coefficient (Wildman–Crippen LogP) is 3.49. The number of piperidine rings is 1. The Morgan fingerprint density at radius 2 is 2.26 bits per heavy atom. The Balaban J connectivity index is 1.72. The lowest BCUT2D eigenvalue weighted by molar-refractivity contribution is -0.126. The minimum atomic E-state index is -0.0224. The molecular weight excluding hydrogens is 406 g/mol. The second-order valence-corrected chi connectivity index (χ2v) is 8.87. The van der Waals surface area contributed by atoms with Crippen molar-refractivity contribution in [1.29, 1.82) is 0 Å². The van der Waals surface area contributed by atoms with E-state index in [9.17, 15) is 4.79 Å². The average molecular weight is 434 g/mol. The molecule has 0 bridgehead atoms. The third-order valence-electron chi connectivity index (χ3n) is 6.10. The standard InChI is InChI=1S/C21H28BrN3O2/c1-4-5-25-10-14(24-20(26)11-27-3)8-16-17-6-13(22)7-18-21(17)15(9-19(16)25)12(2)23-18/h6-7,14,16,19,23H,4-5,8-11H2,1-3H3,(H,24,26)/t14-,16+,19+/m0/s1. The fourth-order valence-corrected chi connectivity index (χ4v) is 5.63. The van der Waals surface area contributed by atoms with Crippen molar-refractivity contribution >= 4 is 32.7 Å². The minimum Gasteiger partial charge on any atom is -0.375 e. The Hall–Kier alpha value is -1.37. The summed E-state index contributed by atoms with van der Waals surface area (Å²) in [6, 6.07) is 5.13. The fourth-order valence-electron chi connectivity index (χ4n) is 5.15. The molecule has 1 fully saturated rings. The van der Waals surface area contributed by atoms with Crippen LogP contribution in [0.15, 0.2) is 16.6 Å². The number of H-pyrrole nitrogens is 1. The number of carbonyl (C=O) groups excluding carboxylic acids is 1. The number of carbonyl (C=O) groups is 1. The summed E-state index contributed by atoms with van der Waals surface area (Å²) < 4.78 is 6.12. The highest BCUT2D eigenvalue weighted by atomic mass is 79.9. The number of rotatable bonds is 5. The summed E-state index contributed by atoms with van der Waals surface area (Å²) in [4.78, 5) is 18.3. The molecule has 4 rings (SSSR count). The van der Waals surface area contributed by atoms with Crippen molar-refractivity contribution in [3.8, 4) is 0 Å².